The van der Waals surface area contributed by atoms with Gasteiger partial charge < -0.3 is 10.2 Å². The van der Waals surface area contributed by atoms with Crippen molar-refractivity contribution in [1.82, 2.24) is 0 Å². The second-order valence-corrected chi connectivity index (χ2v) is 4.02. The third kappa shape index (κ3) is 1.77. The summed E-state index contributed by atoms with van der Waals surface area (Å²) >= 11 is 1.07. The lowest BCUT2D eigenvalue weighted by Crippen LogP contribution is -1.93. The van der Waals surface area contributed by atoms with E-state index in [-0.39, 0.29) is 11.3 Å². The fourth-order valence-corrected chi connectivity index (χ4v) is 2.27. The van der Waals surface area contributed by atoms with Crippen molar-refractivity contribution in [1.29, 1.82) is 0 Å². The first kappa shape index (κ1) is 10.6. The molecule has 0 aliphatic rings. The topological polar surface area (TPSA) is 57.5 Å². The van der Waals surface area contributed by atoms with E-state index in [1.807, 2.05) is 0 Å². The minimum Gasteiger partial charge on any atom is -0.506 e. The predicted octanol–water partition coefficient (Wildman–Crippen LogP) is 2.96. The molecule has 0 saturated carbocycles. The summed E-state index contributed by atoms with van der Waals surface area (Å²) in [6.07, 6.45) is 0. The van der Waals surface area contributed by atoms with E-state index in [2.05, 4.69) is 0 Å². The van der Waals surface area contributed by atoms with Crippen LogP contribution in [0.2, 0.25) is 0 Å². The number of hydrogen-bond acceptors (Lipinski definition) is 3. The number of hydrogen-bond donors (Lipinski definition) is 2. The summed E-state index contributed by atoms with van der Waals surface area (Å²) in [4.78, 5) is 11.1. The third-order valence-electron chi connectivity index (χ3n) is 2.08. The molecule has 82 valence electrons. The summed E-state index contributed by atoms with van der Waals surface area (Å²) in [7, 11) is 0. The zero-order chi connectivity index (χ0) is 11.7. The van der Waals surface area contributed by atoms with Gasteiger partial charge in [-0.1, -0.05) is 12.1 Å². The van der Waals surface area contributed by atoms with Crippen LogP contribution in [0.15, 0.2) is 29.6 Å². The maximum absolute atomic E-state index is 13.0. The van der Waals surface area contributed by atoms with Gasteiger partial charge in [-0.25, -0.2) is 9.18 Å². The second-order valence-electron chi connectivity index (χ2n) is 3.14. The Hall–Kier alpha value is -1.88. The summed E-state index contributed by atoms with van der Waals surface area (Å²) in [5.41, 5.74) is 0.305. The number of benzene rings is 1. The maximum atomic E-state index is 13.0. The van der Waals surface area contributed by atoms with E-state index in [1.165, 1.54) is 23.6 Å². The molecule has 0 unspecified atom stereocenters. The average Bonchev–Trinajstić information content (AvgIpc) is 2.60. The van der Waals surface area contributed by atoms with Gasteiger partial charge in [0.15, 0.2) is 0 Å². The first-order valence-electron chi connectivity index (χ1n) is 4.39. The summed E-state index contributed by atoms with van der Waals surface area (Å²) in [5.74, 6) is -1.94. The lowest BCUT2D eigenvalue weighted by Gasteiger charge is -1.99. The van der Waals surface area contributed by atoms with Gasteiger partial charge in [-0.2, -0.15) is 0 Å². The Balaban J connectivity index is 2.53. The predicted molar refractivity (Wildman–Crippen MR) is 58.3 cm³/mol. The molecule has 2 N–H and O–H groups in total. The number of halogens is 1. The van der Waals surface area contributed by atoms with E-state index in [0.29, 0.717) is 10.4 Å². The first-order chi connectivity index (χ1) is 7.59. The second kappa shape index (κ2) is 3.94. The monoisotopic (exact) mass is 238 g/mol. The summed E-state index contributed by atoms with van der Waals surface area (Å²) < 4.78 is 13.0. The van der Waals surface area contributed by atoms with Gasteiger partial charge in [0.05, 0.1) is 4.88 Å². The minimum atomic E-state index is -1.20. The lowest BCUT2D eigenvalue weighted by atomic mass is 10.1. The average molecular weight is 238 g/mol. The number of carbonyl (C=O) groups is 1. The molecule has 16 heavy (non-hydrogen) atoms. The van der Waals surface area contributed by atoms with Gasteiger partial charge >= 0.3 is 5.97 Å². The van der Waals surface area contributed by atoms with Crippen molar-refractivity contribution >= 4 is 17.3 Å². The molecule has 0 aliphatic carbocycles. The van der Waals surface area contributed by atoms with Gasteiger partial charge in [-0.05, 0) is 17.7 Å². The number of carboxylic acids is 1. The van der Waals surface area contributed by atoms with Crippen LogP contribution < -0.4 is 0 Å². The molecule has 1 aromatic carbocycles. The molecule has 5 heteroatoms. The largest absolute Gasteiger partial charge is 0.506 e. The Kier molecular flexibility index (Phi) is 2.62. The number of rotatable bonds is 2. The Morgan fingerprint density at radius 1 is 1.38 bits per heavy atom. The highest BCUT2D eigenvalue weighted by Gasteiger charge is 2.17. The zero-order valence-corrected chi connectivity index (χ0v) is 8.79. The highest BCUT2D eigenvalue weighted by Crippen LogP contribution is 2.38. The Morgan fingerprint density at radius 3 is 2.69 bits per heavy atom. The smallest absolute Gasteiger partial charge is 0.340 e. The molecule has 3 nitrogen and oxygen atoms in total. The van der Waals surface area contributed by atoms with E-state index in [1.54, 1.807) is 6.07 Å². The van der Waals surface area contributed by atoms with Crippen molar-refractivity contribution in [3.05, 3.63) is 41.0 Å². The molecule has 1 heterocycles. The normalized spacial score (nSPS) is 10.3. The van der Waals surface area contributed by atoms with E-state index in [9.17, 15) is 14.3 Å². The van der Waals surface area contributed by atoms with Crippen LogP contribution in [0.25, 0.3) is 10.4 Å². The van der Waals surface area contributed by atoms with Crippen molar-refractivity contribution in [2.75, 3.05) is 0 Å². The van der Waals surface area contributed by atoms with Crippen LogP contribution in [0.4, 0.5) is 4.39 Å². The molecule has 0 spiro atoms. The van der Waals surface area contributed by atoms with Crippen LogP contribution in [0, 0.1) is 5.82 Å². The van der Waals surface area contributed by atoms with Crippen molar-refractivity contribution in [3.63, 3.8) is 0 Å². The van der Waals surface area contributed by atoms with E-state index in [4.69, 9.17) is 5.11 Å². The molecular formula is C11H7FO3S. The van der Waals surface area contributed by atoms with E-state index in [0.717, 1.165) is 11.3 Å². The fourth-order valence-electron chi connectivity index (χ4n) is 1.34. The van der Waals surface area contributed by atoms with Crippen molar-refractivity contribution in [3.8, 4) is 16.2 Å². The standard InChI is InChI=1S/C11H7FO3S/c12-7-3-1-2-6(4-7)10-9(13)8(5-16-10)11(14)15/h1-5,13H,(H,14,15). The van der Waals surface area contributed by atoms with Crippen LogP contribution in [0.3, 0.4) is 0 Å². The Morgan fingerprint density at radius 2 is 2.12 bits per heavy atom. The zero-order valence-electron chi connectivity index (χ0n) is 7.98. The molecule has 2 aromatic rings. The Bertz CT molecular complexity index is 548. The summed E-state index contributed by atoms with van der Waals surface area (Å²) in [6, 6.07) is 5.65. The third-order valence-corrected chi connectivity index (χ3v) is 3.10. The van der Waals surface area contributed by atoms with Crippen molar-refractivity contribution < 1.29 is 19.4 Å². The number of aromatic carboxylic acids is 1. The van der Waals surface area contributed by atoms with Crippen LogP contribution in [-0.4, -0.2) is 16.2 Å². The van der Waals surface area contributed by atoms with Crippen molar-refractivity contribution in [2.24, 2.45) is 0 Å². The molecule has 1 aromatic heterocycles. The molecule has 0 saturated heterocycles. The van der Waals surface area contributed by atoms with Gasteiger partial charge in [-0.3, -0.25) is 0 Å². The number of thiophene rings is 1. The van der Waals surface area contributed by atoms with Crippen molar-refractivity contribution in [2.45, 2.75) is 0 Å². The van der Waals surface area contributed by atoms with Crippen LogP contribution in [-0.2, 0) is 0 Å². The first-order valence-corrected chi connectivity index (χ1v) is 5.27. The fraction of sp³-hybridized carbons (Fsp3) is 0. The Labute approximate surface area is 94.4 Å². The van der Waals surface area contributed by atoms with Gasteiger partial charge in [0, 0.05) is 5.38 Å². The summed E-state index contributed by atoms with van der Waals surface area (Å²) in [6.45, 7) is 0. The van der Waals surface area contributed by atoms with Gasteiger partial charge in [-0.15, -0.1) is 11.3 Å². The highest BCUT2D eigenvalue weighted by molar-refractivity contribution is 7.14. The maximum Gasteiger partial charge on any atom is 0.340 e. The molecule has 0 fully saturated rings. The van der Waals surface area contributed by atoms with Gasteiger partial charge in [0.2, 0.25) is 0 Å². The molecule has 0 amide bonds. The van der Waals surface area contributed by atoms with Crippen LogP contribution >= 0.6 is 11.3 Å². The summed E-state index contributed by atoms with van der Waals surface area (Å²) in [5, 5.41) is 19.7. The number of aromatic hydroxyl groups is 1. The van der Waals surface area contributed by atoms with E-state index >= 15 is 0 Å². The molecule has 0 atom stereocenters. The lowest BCUT2D eigenvalue weighted by molar-refractivity contribution is 0.0694. The van der Waals surface area contributed by atoms with Crippen LogP contribution in [0.5, 0.6) is 5.75 Å². The quantitative estimate of drug-likeness (QED) is 0.845. The van der Waals surface area contributed by atoms with E-state index < -0.39 is 11.8 Å². The molecule has 0 aliphatic heterocycles. The van der Waals surface area contributed by atoms with Crippen LogP contribution in [0.1, 0.15) is 10.4 Å². The SMILES string of the molecule is O=C(O)c1csc(-c2cccc(F)c2)c1O. The molecule has 0 bridgehead atoms. The molecule has 0 radical (unpaired) electrons. The van der Waals surface area contributed by atoms with Gasteiger partial charge in [0.25, 0.3) is 0 Å². The number of carboxylic acid groups (broad SMARTS) is 1. The molecular weight excluding hydrogens is 231 g/mol. The highest BCUT2D eigenvalue weighted by atomic mass is 32.1. The van der Waals surface area contributed by atoms with Gasteiger partial charge in [0.1, 0.15) is 17.1 Å². The minimum absolute atomic E-state index is 0.163. The molecule has 2 rings (SSSR count).